The van der Waals surface area contributed by atoms with E-state index in [4.69, 9.17) is 0 Å². The summed E-state index contributed by atoms with van der Waals surface area (Å²) in [6, 6.07) is 10.3. The third-order valence-electron chi connectivity index (χ3n) is 3.06. The fourth-order valence-electron chi connectivity index (χ4n) is 2.10. The van der Waals surface area contributed by atoms with Crippen LogP contribution in [0.2, 0.25) is 0 Å². The predicted molar refractivity (Wildman–Crippen MR) is 81.8 cm³/mol. The van der Waals surface area contributed by atoms with Gasteiger partial charge in [0.25, 0.3) is 0 Å². The highest BCUT2D eigenvalue weighted by Crippen LogP contribution is 2.29. The molecule has 0 aliphatic rings. The summed E-state index contributed by atoms with van der Waals surface area (Å²) in [7, 11) is 0. The summed E-state index contributed by atoms with van der Waals surface area (Å²) >= 11 is 1.65. The number of thiophene rings is 1. The van der Waals surface area contributed by atoms with Crippen LogP contribution in [-0.2, 0) is 0 Å². The SMILES string of the molecule is CCNc1nc(-c2ccccc2C)nc2sccc12. The van der Waals surface area contributed by atoms with Crippen LogP contribution in [0.25, 0.3) is 21.6 Å². The van der Waals surface area contributed by atoms with E-state index >= 15 is 0 Å². The molecular formula is C15H15N3S. The number of hydrogen-bond donors (Lipinski definition) is 1. The lowest BCUT2D eigenvalue weighted by Gasteiger charge is -2.08. The van der Waals surface area contributed by atoms with E-state index in [1.165, 1.54) is 5.56 Å². The number of aryl methyl sites for hydroxylation is 1. The molecule has 0 atom stereocenters. The van der Waals surface area contributed by atoms with E-state index in [-0.39, 0.29) is 0 Å². The summed E-state index contributed by atoms with van der Waals surface area (Å²) in [5.74, 6) is 1.72. The summed E-state index contributed by atoms with van der Waals surface area (Å²) in [6.45, 7) is 5.02. The minimum atomic E-state index is 0.795. The Balaban J connectivity index is 2.22. The minimum absolute atomic E-state index is 0.795. The minimum Gasteiger partial charge on any atom is -0.370 e. The molecule has 19 heavy (non-hydrogen) atoms. The van der Waals surface area contributed by atoms with Gasteiger partial charge < -0.3 is 5.32 Å². The molecule has 3 nitrogen and oxygen atoms in total. The first kappa shape index (κ1) is 12.1. The van der Waals surface area contributed by atoms with E-state index in [0.717, 1.165) is 34.0 Å². The van der Waals surface area contributed by atoms with Gasteiger partial charge >= 0.3 is 0 Å². The quantitative estimate of drug-likeness (QED) is 0.778. The highest BCUT2D eigenvalue weighted by Gasteiger charge is 2.11. The van der Waals surface area contributed by atoms with Crippen LogP contribution in [0.4, 0.5) is 5.82 Å². The Kier molecular flexibility index (Phi) is 3.17. The van der Waals surface area contributed by atoms with Gasteiger partial charge in [0, 0.05) is 12.1 Å². The van der Waals surface area contributed by atoms with Crippen LogP contribution in [0.5, 0.6) is 0 Å². The third-order valence-corrected chi connectivity index (χ3v) is 3.86. The summed E-state index contributed by atoms with van der Waals surface area (Å²) in [5, 5.41) is 6.48. The van der Waals surface area contributed by atoms with Crippen LogP contribution in [0.15, 0.2) is 35.7 Å². The molecule has 0 unspecified atom stereocenters. The first-order chi connectivity index (χ1) is 9.29. The smallest absolute Gasteiger partial charge is 0.163 e. The van der Waals surface area contributed by atoms with E-state index < -0.39 is 0 Å². The summed E-state index contributed by atoms with van der Waals surface area (Å²) < 4.78 is 0. The molecule has 0 saturated carbocycles. The Morgan fingerprint density at radius 3 is 2.79 bits per heavy atom. The van der Waals surface area contributed by atoms with Crippen molar-refractivity contribution in [3.8, 4) is 11.4 Å². The van der Waals surface area contributed by atoms with Crippen LogP contribution < -0.4 is 5.32 Å². The van der Waals surface area contributed by atoms with Gasteiger partial charge in [0.15, 0.2) is 5.82 Å². The van der Waals surface area contributed by atoms with Crippen LogP contribution in [-0.4, -0.2) is 16.5 Å². The van der Waals surface area contributed by atoms with Gasteiger partial charge in [0.1, 0.15) is 10.6 Å². The molecule has 0 aliphatic carbocycles. The standard InChI is InChI=1S/C15H15N3S/c1-3-16-13-12-8-9-19-15(12)18-14(17-13)11-7-5-4-6-10(11)2/h4-9H,3H2,1-2H3,(H,16,17,18). The maximum atomic E-state index is 4.68. The van der Waals surface area contributed by atoms with Gasteiger partial charge in [-0.25, -0.2) is 9.97 Å². The Morgan fingerprint density at radius 1 is 1.16 bits per heavy atom. The molecule has 1 N–H and O–H groups in total. The number of benzene rings is 1. The van der Waals surface area contributed by atoms with Gasteiger partial charge in [0.05, 0.1) is 5.39 Å². The van der Waals surface area contributed by atoms with Crippen molar-refractivity contribution < 1.29 is 0 Å². The van der Waals surface area contributed by atoms with E-state index in [9.17, 15) is 0 Å². The van der Waals surface area contributed by atoms with E-state index in [2.05, 4.69) is 52.7 Å². The van der Waals surface area contributed by atoms with E-state index in [0.29, 0.717) is 0 Å². The molecule has 96 valence electrons. The van der Waals surface area contributed by atoms with Crippen molar-refractivity contribution in [3.63, 3.8) is 0 Å². The Hall–Kier alpha value is -1.94. The van der Waals surface area contributed by atoms with Crippen LogP contribution >= 0.6 is 11.3 Å². The highest BCUT2D eigenvalue weighted by atomic mass is 32.1. The van der Waals surface area contributed by atoms with Crippen molar-refractivity contribution in [1.82, 2.24) is 9.97 Å². The van der Waals surface area contributed by atoms with Crippen molar-refractivity contribution in [3.05, 3.63) is 41.3 Å². The maximum absolute atomic E-state index is 4.68. The normalized spacial score (nSPS) is 10.8. The molecule has 0 spiro atoms. The first-order valence-corrected chi connectivity index (χ1v) is 7.22. The second kappa shape index (κ2) is 4.97. The monoisotopic (exact) mass is 269 g/mol. The van der Waals surface area contributed by atoms with Gasteiger partial charge in [0.2, 0.25) is 0 Å². The van der Waals surface area contributed by atoms with Crippen molar-refractivity contribution in [2.75, 3.05) is 11.9 Å². The lowest BCUT2D eigenvalue weighted by Crippen LogP contribution is -2.02. The number of aromatic nitrogens is 2. The molecule has 0 saturated heterocycles. The largest absolute Gasteiger partial charge is 0.370 e. The second-order valence-corrected chi connectivity index (χ2v) is 5.28. The van der Waals surface area contributed by atoms with Gasteiger partial charge in [-0.05, 0) is 30.9 Å². The Morgan fingerprint density at radius 2 is 2.00 bits per heavy atom. The fourth-order valence-corrected chi connectivity index (χ4v) is 2.87. The zero-order valence-corrected chi connectivity index (χ0v) is 11.8. The maximum Gasteiger partial charge on any atom is 0.163 e. The fraction of sp³-hybridized carbons (Fsp3) is 0.200. The molecule has 3 rings (SSSR count). The van der Waals surface area contributed by atoms with Gasteiger partial charge in [-0.15, -0.1) is 11.3 Å². The van der Waals surface area contributed by atoms with E-state index in [1.54, 1.807) is 11.3 Å². The molecule has 0 bridgehead atoms. The number of hydrogen-bond acceptors (Lipinski definition) is 4. The van der Waals surface area contributed by atoms with Crippen molar-refractivity contribution in [1.29, 1.82) is 0 Å². The number of anilines is 1. The average molecular weight is 269 g/mol. The van der Waals surface area contributed by atoms with Gasteiger partial charge in [-0.1, -0.05) is 24.3 Å². The van der Waals surface area contributed by atoms with Gasteiger partial charge in [-0.3, -0.25) is 0 Å². The Bertz CT molecular complexity index is 718. The van der Waals surface area contributed by atoms with Crippen molar-refractivity contribution >= 4 is 27.4 Å². The predicted octanol–water partition coefficient (Wildman–Crippen LogP) is 4.10. The molecule has 0 radical (unpaired) electrons. The molecule has 0 fully saturated rings. The highest BCUT2D eigenvalue weighted by molar-refractivity contribution is 7.16. The number of rotatable bonds is 3. The average Bonchev–Trinajstić information content (AvgIpc) is 2.88. The lowest BCUT2D eigenvalue weighted by atomic mass is 10.1. The molecule has 2 aromatic heterocycles. The molecule has 4 heteroatoms. The zero-order chi connectivity index (χ0) is 13.2. The first-order valence-electron chi connectivity index (χ1n) is 6.34. The molecule has 0 aliphatic heterocycles. The second-order valence-electron chi connectivity index (χ2n) is 4.38. The van der Waals surface area contributed by atoms with Gasteiger partial charge in [-0.2, -0.15) is 0 Å². The molecule has 3 aromatic rings. The molecule has 1 aromatic carbocycles. The summed E-state index contributed by atoms with van der Waals surface area (Å²) in [4.78, 5) is 10.4. The number of fused-ring (bicyclic) bond motifs is 1. The molecule has 0 amide bonds. The van der Waals surface area contributed by atoms with Crippen molar-refractivity contribution in [2.45, 2.75) is 13.8 Å². The van der Waals surface area contributed by atoms with Crippen LogP contribution in [0.1, 0.15) is 12.5 Å². The van der Waals surface area contributed by atoms with Crippen LogP contribution in [0, 0.1) is 6.92 Å². The van der Waals surface area contributed by atoms with Crippen molar-refractivity contribution in [2.24, 2.45) is 0 Å². The third kappa shape index (κ3) is 2.19. The molecular weight excluding hydrogens is 254 g/mol. The van der Waals surface area contributed by atoms with E-state index in [1.807, 2.05) is 12.1 Å². The Labute approximate surface area is 116 Å². The zero-order valence-electron chi connectivity index (χ0n) is 11.0. The van der Waals surface area contributed by atoms with Crippen LogP contribution in [0.3, 0.4) is 0 Å². The topological polar surface area (TPSA) is 37.8 Å². The summed E-state index contributed by atoms with van der Waals surface area (Å²) in [6.07, 6.45) is 0. The molecule has 2 heterocycles. The number of nitrogens with zero attached hydrogens (tertiary/aromatic N) is 2. The lowest BCUT2D eigenvalue weighted by molar-refractivity contribution is 1.15. The summed E-state index contributed by atoms with van der Waals surface area (Å²) in [5.41, 5.74) is 2.29. The number of nitrogens with one attached hydrogen (secondary N) is 1.